The van der Waals surface area contributed by atoms with Gasteiger partial charge in [0.05, 0.1) is 17.4 Å². The van der Waals surface area contributed by atoms with E-state index >= 15 is 0 Å². The number of hydrogen-bond donors (Lipinski definition) is 3. The van der Waals surface area contributed by atoms with Crippen molar-refractivity contribution in [2.24, 2.45) is 11.8 Å². The standard InChI is InChI=1S/C17H21N5OS/c23-16(9-22-10-18-13-3-1-2-4-15(13)22)20-21-17(24)19-14-8-11-5-6-12(14)7-11/h1-4,10-12,14H,5-9H2,(H,20,23)(H2,19,21,24). The van der Waals surface area contributed by atoms with Crippen LogP contribution in [0.25, 0.3) is 11.0 Å². The maximum absolute atomic E-state index is 12.1. The Morgan fingerprint density at radius 2 is 2.12 bits per heavy atom. The Hall–Kier alpha value is -2.15. The highest BCUT2D eigenvalue weighted by Crippen LogP contribution is 2.44. The number of hydrazine groups is 1. The first kappa shape index (κ1) is 15.4. The summed E-state index contributed by atoms with van der Waals surface area (Å²) in [5.74, 6) is 1.44. The summed E-state index contributed by atoms with van der Waals surface area (Å²) in [7, 11) is 0. The van der Waals surface area contributed by atoms with Crippen LogP contribution in [0.1, 0.15) is 25.7 Å². The van der Waals surface area contributed by atoms with Crippen molar-refractivity contribution in [2.45, 2.75) is 38.3 Å². The minimum absolute atomic E-state index is 0.157. The fourth-order valence-electron chi connectivity index (χ4n) is 4.08. The zero-order valence-electron chi connectivity index (χ0n) is 13.4. The van der Waals surface area contributed by atoms with Crippen molar-refractivity contribution in [3.63, 3.8) is 0 Å². The predicted octanol–water partition coefficient (Wildman–Crippen LogP) is 1.72. The van der Waals surface area contributed by atoms with Crippen molar-refractivity contribution in [1.82, 2.24) is 25.7 Å². The quantitative estimate of drug-likeness (QED) is 0.585. The highest BCUT2D eigenvalue weighted by Gasteiger charge is 2.39. The largest absolute Gasteiger partial charge is 0.358 e. The van der Waals surface area contributed by atoms with Crippen molar-refractivity contribution in [2.75, 3.05) is 0 Å². The number of thiocarbonyl (C=S) groups is 1. The van der Waals surface area contributed by atoms with E-state index in [4.69, 9.17) is 12.2 Å². The maximum atomic E-state index is 12.1. The van der Waals surface area contributed by atoms with Gasteiger partial charge < -0.3 is 9.88 Å². The van der Waals surface area contributed by atoms with E-state index < -0.39 is 0 Å². The van der Waals surface area contributed by atoms with E-state index in [9.17, 15) is 4.79 Å². The number of amides is 1. The molecule has 4 rings (SSSR count). The first-order valence-corrected chi connectivity index (χ1v) is 8.85. The summed E-state index contributed by atoms with van der Waals surface area (Å²) in [6.45, 7) is 0.199. The van der Waals surface area contributed by atoms with Crippen LogP contribution in [0.4, 0.5) is 0 Å². The van der Waals surface area contributed by atoms with E-state index in [-0.39, 0.29) is 12.5 Å². The molecule has 3 N–H and O–H groups in total. The Bertz CT molecular complexity index is 773. The summed E-state index contributed by atoms with van der Waals surface area (Å²) in [6, 6.07) is 8.20. The third-order valence-electron chi connectivity index (χ3n) is 5.21. The molecule has 1 aromatic heterocycles. The van der Waals surface area contributed by atoms with Crippen LogP contribution < -0.4 is 16.2 Å². The molecular weight excluding hydrogens is 322 g/mol. The summed E-state index contributed by atoms with van der Waals surface area (Å²) in [5, 5.41) is 3.84. The van der Waals surface area contributed by atoms with Gasteiger partial charge in [0.2, 0.25) is 0 Å². The molecule has 1 amide bonds. The molecule has 2 fully saturated rings. The lowest BCUT2D eigenvalue weighted by Gasteiger charge is -2.24. The Balaban J connectivity index is 1.26. The number of imidazole rings is 1. The van der Waals surface area contributed by atoms with Crippen molar-refractivity contribution < 1.29 is 4.79 Å². The molecule has 0 radical (unpaired) electrons. The number of aromatic nitrogens is 2. The van der Waals surface area contributed by atoms with Gasteiger partial charge >= 0.3 is 0 Å². The van der Waals surface area contributed by atoms with E-state index in [1.54, 1.807) is 6.33 Å². The number of carbonyl (C=O) groups excluding carboxylic acids is 1. The molecule has 2 aliphatic rings. The van der Waals surface area contributed by atoms with Crippen LogP contribution in [0, 0.1) is 11.8 Å². The highest BCUT2D eigenvalue weighted by molar-refractivity contribution is 7.80. The number of hydrogen-bond acceptors (Lipinski definition) is 3. The number of para-hydroxylation sites is 2. The van der Waals surface area contributed by atoms with Crippen LogP contribution >= 0.6 is 12.2 Å². The van der Waals surface area contributed by atoms with E-state index in [0.717, 1.165) is 22.9 Å². The topological polar surface area (TPSA) is 71.0 Å². The fourth-order valence-corrected chi connectivity index (χ4v) is 4.29. The van der Waals surface area contributed by atoms with Gasteiger partial charge in [-0.2, -0.15) is 0 Å². The summed E-state index contributed by atoms with van der Waals surface area (Å²) in [5.41, 5.74) is 7.30. The van der Waals surface area contributed by atoms with E-state index in [0.29, 0.717) is 11.2 Å². The average Bonchev–Trinajstić information content (AvgIpc) is 3.29. The van der Waals surface area contributed by atoms with Crippen molar-refractivity contribution in [3.8, 4) is 0 Å². The summed E-state index contributed by atoms with van der Waals surface area (Å²) < 4.78 is 1.82. The van der Waals surface area contributed by atoms with Gasteiger partial charge in [-0.3, -0.25) is 15.6 Å². The number of nitrogens with one attached hydrogen (secondary N) is 3. The van der Waals surface area contributed by atoms with Gasteiger partial charge in [0.1, 0.15) is 6.54 Å². The Morgan fingerprint density at radius 3 is 2.92 bits per heavy atom. The zero-order chi connectivity index (χ0) is 16.5. The number of carbonyl (C=O) groups is 1. The van der Waals surface area contributed by atoms with Crippen LogP contribution in [0.15, 0.2) is 30.6 Å². The van der Waals surface area contributed by atoms with Gasteiger partial charge in [0.25, 0.3) is 5.91 Å². The van der Waals surface area contributed by atoms with Crippen molar-refractivity contribution in [1.29, 1.82) is 0 Å². The second-order valence-corrected chi connectivity index (χ2v) is 7.20. The molecule has 3 unspecified atom stereocenters. The van der Waals surface area contributed by atoms with Crippen molar-refractivity contribution in [3.05, 3.63) is 30.6 Å². The molecule has 2 aliphatic carbocycles. The second kappa shape index (κ2) is 6.39. The average molecular weight is 343 g/mol. The highest BCUT2D eigenvalue weighted by atomic mass is 32.1. The van der Waals surface area contributed by atoms with Gasteiger partial charge in [-0.15, -0.1) is 0 Å². The summed E-state index contributed by atoms with van der Waals surface area (Å²) in [6.07, 6.45) is 6.85. The lowest BCUT2D eigenvalue weighted by molar-refractivity contribution is -0.122. The summed E-state index contributed by atoms with van der Waals surface area (Å²) in [4.78, 5) is 16.4. The predicted molar refractivity (Wildman–Crippen MR) is 96.0 cm³/mol. The smallest absolute Gasteiger partial charge is 0.258 e. The molecule has 24 heavy (non-hydrogen) atoms. The molecule has 3 atom stereocenters. The molecule has 2 aromatic rings. The lowest BCUT2D eigenvalue weighted by Crippen LogP contribution is -2.51. The van der Waals surface area contributed by atoms with Gasteiger partial charge in [0, 0.05) is 6.04 Å². The number of nitrogens with zero attached hydrogens (tertiary/aromatic N) is 2. The molecule has 2 bridgehead atoms. The first-order chi connectivity index (χ1) is 11.7. The molecular formula is C17H21N5OS. The molecule has 6 nitrogen and oxygen atoms in total. The third-order valence-corrected chi connectivity index (χ3v) is 5.43. The maximum Gasteiger partial charge on any atom is 0.258 e. The van der Waals surface area contributed by atoms with E-state index in [1.165, 1.54) is 25.7 Å². The van der Waals surface area contributed by atoms with Gasteiger partial charge in [0.15, 0.2) is 5.11 Å². The molecule has 0 saturated heterocycles. The van der Waals surface area contributed by atoms with Crippen LogP contribution in [0.5, 0.6) is 0 Å². The van der Waals surface area contributed by atoms with Crippen LogP contribution in [-0.4, -0.2) is 26.6 Å². The second-order valence-electron chi connectivity index (χ2n) is 6.79. The Labute approximate surface area is 146 Å². The molecule has 126 valence electrons. The monoisotopic (exact) mass is 343 g/mol. The first-order valence-electron chi connectivity index (χ1n) is 8.44. The van der Waals surface area contributed by atoms with Gasteiger partial charge in [-0.1, -0.05) is 18.6 Å². The fraction of sp³-hybridized carbons (Fsp3) is 0.471. The number of benzene rings is 1. The zero-order valence-corrected chi connectivity index (χ0v) is 14.2. The molecule has 7 heteroatoms. The van der Waals surface area contributed by atoms with Crippen LogP contribution in [0.3, 0.4) is 0 Å². The molecule has 0 aliphatic heterocycles. The molecule has 0 spiro atoms. The molecule has 1 heterocycles. The van der Waals surface area contributed by atoms with Crippen LogP contribution in [-0.2, 0) is 11.3 Å². The van der Waals surface area contributed by atoms with Crippen LogP contribution in [0.2, 0.25) is 0 Å². The van der Waals surface area contributed by atoms with Gasteiger partial charge in [-0.05, 0) is 55.4 Å². The summed E-state index contributed by atoms with van der Waals surface area (Å²) >= 11 is 5.29. The van der Waals surface area contributed by atoms with Crippen molar-refractivity contribution >= 4 is 34.3 Å². The third kappa shape index (κ3) is 3.08. The molecule has 2 saturated carbocycles. The Kier molecular flexibility index (Phi) is 4.10. The normalized spacial score (nSPS) is 24.9. The minimum atomic E-state index is -0.157. The van der Waals surface area contributed by atoms with Gasteiger partial charge in [-0.25, -0.2) is 4.98 Å². The lowest BCUT2D eigenvalue weighted by atomic mass is 9.96. The van der Waals surface area contributed by atoms with E-state index in [2.05, 4.69) is 21.2 Å². The molecule has 1 aromatic carbocycles. The Morgan fingerprint density at radius 1 is 1.25 bits per heavy atom. The number of rotatable bonds is 3. The van der Waals surface area contributed by atoms with E-state index in [1.807, 2.05) is 28.8 Å². The number of fused-ring (bicyclic) bond motifs is 3. The SMILES string of the molecule is O=C(Cn1cnc2ccccc21)NNC(=S)NC1CC2CCC1C2. The minimum Gasteiger partial charge on any atom is -0.358 e.